The molecule has 3 aliphatic rings. The number of anilines is 5. The highest BCUT2D eigenvalue weighted by atomic mass is 33.1. The molecule has 0 saturated heterocycles. The number of nitrogens with one attached hydrogen (secondary N) is 6. The van der Waals surface area contributed by atoms with Crippen LogP contribution in [0.5, 0.6) is 23.0 Å². The van der Waals surface area contributed by atoms with Gasteiger partial charge in [0.1, 0.15) is 13.2 Å². The molecule has 76 heavy (non-hydrogen) atoms. The average Bonchev–Trinajstić information content (AvgIpc) is 3.99. The first-order valence-corrected chi connectivity index (χ1v) is 27.7. The highest BCUT2D eigenvalue weighted by Gasteiger charge is 2.38. The molecular weight excluding hydrogens is 1010 g/mol. The lowest BCUT2D eigenvalue weighted by molar-refractivity contribution is -0.128. The molecule has 3 heterocycles. The minimum atomic E-state index is -0.609. The summed E-state index contributed by atoms with van der Waals surface area (Å²) in [6.07, 6.45) is 4.35. The highest BCUT2D eigenvalue weighted by Crippen LogP contribution is 2.42. The lowest BCUT2D eigenvalue weighted by Crippen LogP contribution is -2.43. The molecule has 18 nitrogen and oxygen atoms in total. The predicted octanol–water partition coefficient (Wildman–Crippen LogP) is 7.35. The van der Waals surface area contributed by atoms with E-state index in [1.54, 1.807) is 62.9 Å². The molecule has 0 radical (unpaired) electrons. The van der Waals surface area contributed by atoms with Crippen molar-refractivity contribution in [2.75, 3.05) is 85.5 Å². The quantitative estimate of drug-likeness (QED) is 0.0353. The van der Waals surface area contributed by atoms with E-state index in [4.69, 9.17) is 18.9 Å². The van der Waals surface area contributed by atoms with Gasteiger partial charge in [-0.05, 0) is 111 Å². The summed E-state index contributed by atoms with van der Waals surface area (Å²) in [5.41, 5.74) is 7.68. The normalized spacial score (nSPS) is 14.2. The van der Waals surface area contributed by atoms with Crippen LogP contribution in [0.25, 0.3) is 0 Å². The first kappa shape index (κ1) is 54.7. The first-order valence-electron chi connectivity index (χ1n) is 25.1. The minimum Gasteiger partial charge on any atom is -0.493 e. The zero-order valence-electron chi connectivity index (χ0n) is 43.5. The minimum absolute atomic E-state index is 0.00177. The van der Waals surface area contributed by atoms with Gasteiger partial charge in [0.05, 0.1) is 62.4 Å². The second-order valence-corrected chi connectivity index (χ2v) is 22.1. The van der Waals surface area contributed by atoms with Crippen LogP contribution in [0.1, 0.15) is 76.6 Å². The number of nitrogens with zero attached hydrogens (tertiary/aromatic N) is 2. The van der Waals surface area contributed by atoms with Gasteiger partial charge in [0.25, 0.3) is 11.8 Å². The number of fused-ring (bicyclic) bond motifs is 5. The topological polar surface area (TPSA) is 218 Å². The van der Waals surface area contributed by atoms with Crippen molar-refractivity contribution in [1.29, 1.82) is 0 Å². The fourth-order valence-electron chi connectivity index (χ4n) is 9.41. The van der Waals surface area contributed by atoms with Crippen LogP contribution in [0.2, 0.25) is 0 Å². The summed E-state index contributed by atoms with van der Waals surface area (Å²) in [6.45, 7) is 6.54. The summed E-state index contributed by atoms with van der Waals surface area (Å²) < 4.78 is 24.3. The van der Waals surface area contributed by atoms with Crippen LogP contribution in [0.15, 0.2) is 91.0 Å². The predicted molar refractivity (Wildman–Crippen MR) is 298 cm³/mol. The molecule has 0 aliphatic carbocycles. The molecule has 20 heteroatoms. The van der Waals surface area contributed by atoms with Crippen LogP contribution < -0.4 is 60.6 Å². The number of hydrogen-bond donors (Lipinski definition) is 6. The molecule has 0 unspecified atom stereocenters. The SMILES string of the molecule is CCNc1cc(OCc2cc(COc3cc4c(cc3OC)C(=O)N3c5ccccc5C[C@H]3CN4)cc(NC(=O)CNC(=O)CNC(=O)CNC(=O)CCC(C)(C)SSC)c2)c(OC)cc1C(=O)N1CCc2ccccc21. The maximum Gasteiger partial charge on any atom is 0.260 e. The smallest absolute Gasteiger partial charge is 0.260 e. The summed E-state index contributed by atoms with van der Waals surface area (Å²) in [5.74, 6) is -0.845. The zero-order chi connectivity index (χ0) is 53.9. The number of hydrogen-bond acceptors (Lipinski definition) is 14. The molecule has 400 valence electrons. The van der Waals surface area contributed by atoms with Gasteiger partial charge >= 0.3 is 0 Å². The average molecular weight is 1070 g/mol. The number of rotatable bonds is 23. The zero-order valence-corrected chi connectivity index (χ0v) is 45.1. The molecular formula is C56H64N8O10S2. The number of amides is 6. The molecule has 0 bridgehead atoms. The van der Waals surface area contributed by atoms with Crippen LogP contribution >= 0.6 is 21.6 Å². The number of carbonyl (C=O) groups is 6. The van der Waals surface area contributed by atoms with Gasteiger partial charge in [-0.1, -0.05) is 58.0 Å². The Bertz CT molecular complexity index is 3010. The molecule has 0 aromatic heterocycles. The molecule has 0 saturated carbocycles. The Labute approximate surface area is 450 Å². The maximum atomic E-state index is 14.1. The fourth-order valence-corrected chi connectivity index (χ4v) is 11.7. The Morgan fingerprint density at radius 1 is 0.737 bits per heavy atom. The van der Waals surface area contributed by atoms with E-state index in [2.05, 4.69) is 45.7 Å². The van der Waals surface area contributed by atoms with Crippen molar-refractivity contribution in [3.8, 4) is 23.0 Å². The molecule has 1 atom stereocenters. The van der Waals surface area contributed by atoms with E-state index in [1.807, 2.05) is 72.7 Å². The number of methoxy groups -OCH3 is 2. The Morgan fingerprint density at radius 3 is 2.03 bits per heavy atom. The van der Waals surface area contributed by atoms with Gasteiger partial charge in [-0.15, -0.1) is 0 Å². The van der Waals surface area contributed by atoms with Gasteiger partial charge in [0, 0.05) is 60.0 Å². The van der Waals surface area contributed by atoms with E-state index in [1.165, 1.54) is 14.2 Å². The maximum absolute atomic E-state index is 14.1. The van der Waals surface area contributed by atoms with Crippen molar-refractivity contribution in [1.82, 2.24) is 16.0 Å². The Hall–Kier alpha value is -7.58. The van der Waals surface area contributed by atoms with Crippen molar-refractivity contribution >= 4 is 85.5 Å². The standard InChI is InChI=1S/C56H64N8O10S2/c1-7-57-42-26-48(46(71-4)24-40(42)54(69)63-19-17-36-12-8-10-14-44(36)63)73-32-34-20-35(22-38(21-34)62-53(68)31-61-52(67)30-60-51(66)29-59-50(65)16-18-56(2,3)76-75-6)33-74-49-27-43-41(25-47(49)72-5)55(70)64-39(28-58-43)23-37-13-9-11-15-45(37)64/h8-15,20-22,24-27,39,57-58H,7,16-19,23,28-33H2,1-6H3,(H,59,65)(H,60,66)(H,61,67)(H,62,68)/t39-/m0/s1. The van der Waals surface area contributed by atoms with Crippen LogP contribution in [0.4, 0.5) is 28.4 Å². The van der Waals surface area contributed by atoms with E-state index in [-0.39, 0.29) is 54.7 Å². The lowest BCUT2D eigenvalue weighted by Gasteiger charge is -2.22. The van der Waals surface area contributed by atoms with Crippen molar-refractivity contribution in [3.63, 3.8) is 0 Å². The number of para-hydroxylation sites is 2. The Balaban J connectivity index is 0.965. The van der Waals surface area contributed by atoms with Crippen molar-refractivity contribution in [3.05, 3.63) is 124 Å². The third-order valence-corrected chi connectivity index (χ3v) is 15.8. The van der Waals surface area contributed by atoms with Gasteiger partial charge in [0.2, 0.25) is 23.6 Å². The van der Waals surface area contributed by atoms with E-state index in [9.17, 15) is 28.8 Å². The van der Waals surface area contributed by atoms with Crippen LogP contribution in [-0.4, -0.2) is 106 Å². The van der Waals surface area contributed by atoms with E-state index in [0.29, 0.717) is 88.4 Å². The van der Waals surface area contributed by atoms with Gasteiger partial charge < -0.3 is 60.6 Å². The molecule has 6 N–H and O–H groups in total. The summed E-state index contributed by atoms with van der Waals surface area (Å²) >= 11 is 0. The fraction of sp³-hybridized carbons (Fsp3) is 0.357. The number of carbonyl (C=O) groups excluding carboxylic acids is 6. The van der Waals surface area contributed by atoms with Crippen LogP contribution in [0, 0.1) is 0 Å². The highest BCUT2D eigenvalue weighted by molar-refractivity contribution is 8.76. The van der Waals surface area contributed by atoms with Crippen molar-refractivity contribution in [2.24, 2.45) is 0 Å². The molecule has 5 aromatic rings. The molecule has 3 aliphatic heterocycles. The van der Waals surface area contributed by atoms with E-state index < -0.39 is 30.8 Å². The van der Waals surface area contributed by atoms with Crippen LogP contribution in [-0.2, 0) is 45.2 Å². The van der Waals surface area contributed by atoms with Gasteiger partial charge in [-0.2, -0.15) is 0 Å². The molecule has 8 rings (SSSR count). The number of benzene rings is 5. The van der Waals surface area contributed by atoms with Gasteiger partial charge in [-0.3, -0.25) is 28.8 Å². The van der Waals surface area contributed by atoms with E-state index in [0.717, 1.165) is 35.3 Å². The Morgan fingerprint density at radius 2 is 1.36 bits per heavy atom. The van der Waals surface area contributed by atoms with Crippen LogP contribution in [0.3, 0.4) is 0 Å². The van der Waals surface area contributed by atoms with Gasteiger partial charge in [-0.25, -0.2) is 0 Å². The monoisotopic (exact) mass is 1070 g/mol. The van der Waals surface area contributed by atoms with Gasteiger partial charge in [0.15, 0.2) is 23.0 Å². The Kier molecular flexibility index (Phi) is 17.9. The first-order chi connectivity index (χ1) is 36.7. The molecule has 6 amide bonds. The second kappa shape index (κ2) is 24.8. The molecule has 0 fully saturated rings. The largest absolute Gasteiger partial charge is 0.493 e. The summed E-state index contributed by atoms with van der Waals surface area (Å²) in [6, 6.07) is 27.9. The van der Waals surface area contributed by atoms with E-state index >= 15 is 0 Å². The molecule has 0 spiro atoms. The second-order valence-electron chi connectivity index (χ2n) is 19.0. The third kappa shape index (κ3) is 13.3. The summed E-state index contributed by atoms with van der Waals surface area (Å²) in [7, 11) is 6.32. The third-order valence-electron chi connectivity index (χ3n) is 13.1. The van der Waals surface area contributed by atoms with Crippen molar-refractivity contribution in [2.45, 2.75) is 70.5 Å². The summed E-state index contributed by atoms with van der Waals surface area (Å²) in [5, 5.41) is 17.2. The number of ether oxygens (including phenoxy) is 4. The lowest BCUT2D eigenvalue weighted by atomic mass is 10.1. The molecule has 5 aromatic carbocycles. The van der Waals surface area contributed by atoms with Crippen molar-refractivity contribution < 1.29 is 47.7 Å². The summed E-state index contributed by atoms with van der Waals surface area (Å²) in [4.78, 5) is 82.7.